The Morgan fingerprint density at radius 1 is 1.56 bits per heavy atom. The molecule has 1 N–H and O–H groups in total. The summed E-state index contributed by atoms with van der Waals surface area (Å²) in [5, 5.41) is 7.27. The minimum Gasteiger partial charge on any atom is -0.344 e. The van der Waals surface area contributed by atoms with E-state index in [1.807, 2.05) is 0 Å². The lowest BCUT2D eigenvalue weighted by Crippen LogP contribution is -2.24. The molecule has 2 fully saturated rings. The van der Waals surface area contributed by atoms with E-state index in [4.69, 9.17) is 12.2 Å². The fraction of sp³-hybridized carbons (Fsp3) is 0.818. The van der Waals surface area contributed by atoms with Crippen molar-refractivity contribution in [1.29, 1.82) is 0 Å². The van der Waals surface area contributed by atoms with Gasteiger partial charge in [0.15, 0.2) is 4.77 Å². The number of aromatic amines is 1. The van der Waals surface area contributed by atoms with Crippen molar-refractivity contribution in [2.45, 2.75) is 32.2 Å². The third-order valence-electron chi connectivity index (χ3n) is 3.72. The van der Waals surface area contributed by atoms with Gasteiger partial charge in [0.1, 0.15) is 0 Å². The monoisotopic (exact) mass is 238 g/mol. The highest BCUT2D eigenvalue weighted by Crippen LogP contribution is 2.40. The van der Waals surface area contributed by atoms with Crippen molar-refractivity contribution in [2.75, 3.05) is 18.5 Å². The summed E-state index contributed by atoms with van der Waals surface area (Å²) in [6.07, 6.45) is 3.85. The van der Waals surface area contributed by atoms with E-state index in [1.54, 1.807) is 0 Å². The molecule has 88 valence electrons. The first-order chi connectivity index (χ1) is 7.66. The van der Waals surface area contributed by atoms with Gasteiger partial charge in [-0.3, -0.25) is 4.57 Å². The Morgan fingerprint density at radius 3 is 2.81 bits per heavy atom. The topological polar surface area (TPSA) is 36.9 Å². The molecule has 0 aromatic carbocycles. The number of H-pyrrole nitrogens is 1. The molecule has 1 aromatic heterocycles. The minimum atomic E-state index is 0.598. The predicted octanol–water partition coefficient (Wildman–Crippen LogP) is 2.37. The van der Waals surface area contributed by atoms with Crippen LogP contribution in [0.25, 0.3) is 0 Å². The minimum absolute atomic E-state index is 0.598. The highest BCUT2D eigenvalue weighted by atomic mass is 32.1. The van der Waals surface area contributed by atoms with Crippen molar-refractivity contribution in [3.8, 4) is 0 Å². The van der Waals surface area contributed by atoms with Gasteiger partial charge < -0.3 is 4.90 Å². The van der Waals surface area contributed by atoms with Gasteiger partial charge in [-0.2, -0.15) is 0 Å². The average Bonchev–Trinajstić information content (AvgIpc) is 3.13. The number of nitrogens with one attached hydrogen (secondary N) is 1. The normalized spacial score (nSPS) is 28.1. The first-order valence-corrected chi connectivity index (χ1v) is 6.45. The van der Waals surface area contributed by atoms with Gasteiger partial charge in [0.25, 0.3) is 0 Å². The molecule has 0 aliphatic heterocycles. The fourth-order valence-corrected chi connectivity index (χ4v) is 2.59. The van der Waals surface area contributed by atoms with E-state index >= 15 is 0 Å². The second-order valence-electron chi connectivity index (χ2n) is 5.28. The van der Waals surface area contributed by atoms with Gasteiger partial charge in [-0.25, -0.2) is 5.10 Å². The molecule has 1 aromatic rings. The van der Waals surface area contributed by atoms with Crippen LogP contribution in [0.2, 0.25) is 0 Å². The molecule has 2 unspecified atom stereocenters. The lowest BCUT2D eigenvalue weighted by Gasteiger charge is -2.18. The number of hydrogen-bond donors (Lipinski definition) is 1. The Hall–Kier alpha value is -0.840. The second kappa shape index (κ2) is 3.58. The molecule has 0 radical (unpaired) electrons. The zero-order chi connectivity index (χ0) is 11.3. The zero-order valence-corrected chi connectivity index (χ0v) is 10.6. The number of nitrogens with zero attached hydrogens (tertiary/aromatic N) is 3. The molecule has 5 heteroatoms. The molecule has 2 saturated carbocycles. The molecular formula is C11H18N4S. The summed E-state index contributed by atoms with van der Waals surface area (Å²) in [5.74, 6) is 2.76. The van der Waals surface area contributed by atoms with Crippen molar-refractivity contribution in [1.82, 2.24) is 14.8 Å². The predicted molar refractivity (Wildman–Crippen MR) is 66.2 cm³/mol. The van der Waals surface area contributed by atoms with Gasteiger partial charge in [-0.05, 0) is 43.3 Å². The van der Waals surface area contributed by atoms with Crippen LogP contribution in [0.4, 0.5) is 5.95 Å². The quantitative estimate of drug-likeness (QED) is 0.818. The lowest BCUT2D eigenvalue weighted by atomic mass is 10.3. The maximum atomic E-state index is 5.28. The van der Waals surface area contributed by atoms with E-state index in [0.29, 0.717) is 6.04 Å². The number of hydrogen-bond acceptors (Lipinski definition) is 3. The van der Waals surface area contributed by atoms with E-state index in [-0.39, 0.29) is 0 Å². The highest BCUT2D eigenvalue weighted by Gasteiger charge is 2.35. The molecule has 16 heavy (non-hydrogen) atoms. The number of rotatable bonds is 4. The summed E-state index contributed by atoms with van der Waals surface area (Å²) >= 11 is 5.28. The van der Waals surface area contributed by atoms with Gasteiger partial charge in [0, 0.05) is 19.6 Å². The third kappa shape index (κ3) is 1.77. The third-order valence-corrected chi connectivity index (χ3v) is 4.01. The molecule has 0 spiro atoms. The maximum absolute atomic E-state index is 5.28. The van der Waals surface area contributed by atoms with Crippen LogP contribution in [0.3, 0.4) is 0 Å². The van der Waals surface area contributed by atoms with Crippen LogP contribution in [-0.4, -0.2) is 28.4 Å². The Morgan fingerprint density at radius 2 is 2.25 bits per heavy atom. The summed E-state index contributed by atoms with van der Waals surface area (Å²) in [5.41, 5.74) is 0. The Balaban J connectivity index is 1.79. The first kappa shape index (κ1) is 10.3. The first-order valence-electron chi connectivity index (χ1n) is 6.05. The number of aromatic nitrogens is 3. The molecule has 4 nitrogen and oxygen atoms in total. The maximum Gasteiger partial charge on any atom is 0.225 e. The van der Waals surface area contributed by atoms with Crippen LogP contribution >= 0.6 is 12.2 Å². The summed E-state index contributed by atoms with van der Waals surface area (Å²) in [4.78, 5) is 2.25. The molecule has 0 saturated heterocycles. The SMILES string of the molecule is CC1CC1CN(C)c1n[nH]c(=S)n1C1CC1. The van der Waals surface area contributed by atoms with Crippen LogP contribution in [0.15, 0.2) is 0 Å². The van der Waals surface area contributed by atoms with Gasteiger partial charge in [0.2, 0.25) is 5.95 Å². The molecule has 2 aliphatic rings. The number of anilines is 1. The Bertz CT molecular complexity index is 445. The van der Waals surface area contributed by atoms with Crippen LogP contribution in [-0.2, 0) is 0 Å². The van der Waals surface area contributed by atoms with Crippen molar-refractivity contribution in [3.63, 3.8) is 0 Å². The average molecular weight is 238 g/mol. The van der Waals surface area contributed by atoms with Gasteiger partial charge in [-0.1, -0.05) is 6.92 Å². The van der Waals surface area contributed by atoms with Crippen molar-refractivity contribution in [3.05, 3.63) is 4.77 Å². The van der Waals surface area contributed by atoms with E-state index in [1.165, 1.54) is 19.3 Å². The van der Waals surface area contributed by atoms with Gasteiger partial charge in [0.05, 0.1) is 0 Å². The van der Waals surface area contributed by atoms with Gasteiger partial charge >= 0.3 is 0 Å². The summed E-state index contributed by atoms with van der Waals surface area (Å²) < 4.78 is 2.95. The second-order valence-corrected chi connectivity index (χ2v) is 5.67. The molecule has 3 rings (SSSR count). The fourth-order valence-electron chi connectivity index (χ4n) is 2.31. The van der Waals surface area contributed by atoms with E-state index in [2.05, 4.69) is 33.6 Å². The standard InChI is InChI=1S/C11H18N4S/c1-7-5-8(7)6-14(2)10-12-13-11(16)15(10)9-3-4-9/h7-9H,3-6H2,1-2H3,(H,13,16). The summed E-state index contributed by atoms with van der Waals surface area (Å²) in [7, 11) is 2.12. The molecular weight excluding hydrogens is 220 g/mol. The zero-order valence-electron chi connectivity index (χ0n) is 9.81. The molecule has 0 amide bonds. The van der Waals surface area contributed by atoms with Crippen LogP contribution in [0.5, 0.6) is 0 Å². The molecule has 1 heterocycles. The van der Waals surface area contributed by atoms with Crippen LogP contribution in [0.1, 0.15) is 32.2 Å². The summed E-state index contributed by atoms with van der Waals surface area (Å²) in [6, 6.07) is 0.598. The molecule has 2 aliphatic carbocycles. The summed E-state index contributed by atoms with van der Waals surface area (Å²) in [6.45, 7) is 3.42. The van der Waals surface area contributed by atoms with Crippen molar-refractivity contribution < 1.29 is 0 Å². The lowest BCUT2D eigenvalue weighted by molar-refractivity contribution is 0.665. The Labute approximate surface area is 101 Å². The largest absolute Gasteiger partial charge is 0.344 e. The Kier molecular flexibility index (Phi) is 2.31. The van der Waals surface area contributed by atoms with Crippen LogP contribution < -0.4 is 4.90 Å². The van der Waals surface area contributed by atoms with E-state index in [0.717, 1.165) is 29.1 Å². The van der Waals surface area contributed by atoms with Crippen molar-refractivity contribution >= 4 is 18.2 Å². The van der Waals surface area contributed by atoms with E-state index in [9.17, 15) is 0 Å². The van der Waals surface area contributed by atoms with Gasteiger partial charge in [-0.15, -0.1) is 5.10 Å². The van der Waals surface area contributed by atoms with Crippen molar-refractivity contribution in [2.24, 2.45) is 11.8 Å². The molecule has 0 bridgehead atoms. The smallest absolute Gasteiger partial charge is 0.225 e. The molecule has 2 atom stereocenters. The van der Waals surface area contributed by atoms with E-state index < -0.39 is 0 Å². The van der Waals surface area contributed by atoms with Crippen LogP contribution in [0, 0.1) is 16.6 Å². The highest BCUT2D eigenvalue weighted by molar-refractivity contribution is 7.71.